The summed E-state index contributed by atoms with van der Waals surface area (Å²) < 4.78 is 1.15. The molecule has 0 saturated carbocycles. The Bertz CT molecular complexity index is 2210. The summed E-state index contributed by atoms with van der Waals surface area (Å²) in [4.78, 5) is 0. The Kier molecular flexibility index (Phi) is 12.9. The van der Waals surface area contributed by atoms with Gasteiger partial charge in [0.25, 0.3) is 0 Å². The van der Waals surface area contributed by atoms with Crippen LogP contribution in [0.5, 0.6) is 0 Å². The van der Waals surface area contributed by atoms with Crippen molar-refractivity contribution in [2.45, 2.75) is 33.6 Å². The van der Waals surface area contributed by atoms with Gasteiger partial charge in [-0.3, -0.25) is 0 Å². The van der Waals surface area contributed by atoms with E-state index in [1.54, 1.807) is 0 Å². The number of halogens is 2. The maximum atomic E-state index is 6.28. The molecule has 254 valence electrons. The Morgan fingerprint density at radius 3 is 1.31 bits per heavy atom. The van der Waals surface area contributed by atoms with Crippen molar-refractivity contribution < 1.29 is 18.9 Å². The molecule has 0 bridgehead atoms. The molecule has 0 unspecified atom stereocenters. The van der Waals surface area contributed by atoms with Crippen molar-refractivity contribution in [1.29, 1.82) is 0 Å². The van der Waals surface area contributed by atoms with Crippen LogP contribution in [0.15, 0.2) is 176 Å². The zero-order valence-electron chi connectivity index (χ0n) is 29.4. The Labute approximate surface area is 317 Å². The van der Waals surface area contributed by atoms with Crippen LogP contribution in [-0.4, -0.2) is 3.21 Å². The molecule has 8 rings (SSSR count). The van der Waals surface area contributed by atoms with Crippen molar-refractivity contribution >= 4 is 41.8 Å². The van der Waals surface area contributed by atoms with E-state index in [0.29, 0.717) is 0 Å². The summed E-state index contributed by atoms with van der Waals surface area (Å²) in [6.45, 7) is 6.49. The maximum absolute atomic E-state index is 6.28. The summed E-state index contributed by atoms with van der Waals surface area (Å²) >= 11 is -2.46. The van der Waals surface area contributed by atoms with Gasteiger partial charge in [-0.15, -0.1) is 69.1 Å². The van der Waals surface area contributed by atoms with E-state index in [2.05, 4.69) is 178 Å². The first-order valence-corrected chi connectivity index (χ1v) is 25.2. The van der Waals surface area contributed by atoms with Gasteiger partial charge in [0.15, 0.2) is 0 Å². The minimum atomic E-state index is -2.46. The monoisotopic (exact) mass is 778 g/mol. The molecular formula is C48H42Cl2Zr-2. The van der Waals surface area contributed by atoms with Crippen LogP contribution in [0.3, 0.4) is 0 Å². The van der Waals surface area contributed by atoms with Crippen LogP contribution < -0.4 is 0 Å². The van der Waals surface area contributed by atoms with Gasteiger partial charge in [-0.2, -0.15) is 12.1 Å². The van der Waals surface area contributed by atoms with Gasteiger partial charge in [0.05, 0.1) is 0 Å². The number of hydrogen-bond acceptors (Lipinski definition) is 0. The van der Waals surface area contributed by atoms with Crippen LogP contribution >= 0.6 is 17.0 Å². The van der Waals surface area contributed by atoms with Gasteiger partial charge >= 0.3 is 117 Å². The Morgan fingerprint density at radius 1 is 0.490 bits per heavy atom. The van der Waals surface area contributed by atoms with Gasteiger partial charge in [0.1, 0.15) is 0 Å². The van der Waals surface area contributed by atoms with E-state index >= 15 is 0 Å². The second-order valence-corrected chi connectivity index (χ2v) is 20.8. The molecule has 0 atom stereocenters. The van der Waals surface area contributed by atoms with Gasteiger partial charge in [0, 0.05) is 0 Å². The van der Waals surface area contributed by atoms with E-state index in [1.807, 2.05) is 18.2 Å². The van der Waals surface area contributed by atoms with Crippen molar-refractivity contribution in [3.05, 3.63) is 204 Å². The van der Waals surface area contributed by atoms with Crippen LogP contribution in [0.1, 0.15) is 41.7 Å². The molecular weight excluding hydrogens is 739 g/mol. The topological polar surface area (TPSA) is 0 Å². The molecule has 0 aliphatic heterocycles. The molecule has 0 amide bonds. The van der Waals surface area contributed by atoms with E-state index in [9.17, 15) is 0 Å². The van der Waals surface area contributed by atoms with Gasteiger partial charge in [-0.05, 0) is 24.0 Å². The second kappa shape index (κ2) is 17.9. The van der Waals surface area contributed by atoms with E-state index in [-0.39, 0.29) is 0 Å². The number of rotatable bonds is 6. The van der Waals surface area contributed by atoms with E-state index in [1.165, 1.54) is 60.5 Å². The number of fused-ring (bicyclic) bond motifs is 2. The molecule has 0 aliphatic rings. The number of hydrogen-bond donors (Lipinski definition) is 0. The molecule has 0 heterocycles. The Hall–Kier alpha value is -4.13. The van der Waals surface area contributed by atoms with E-state index in [0.717, 1.165) is 27.2 Å². The van der Waals surface area contributed by atoms with Crippen molar-refractivity contribution in [2.75, 3.05) is 0 Å². The van der Waals surface area contributed by atoms with Crippen molar-refractivity contribution in [3.63, 3.8) is 0 Å². The fourth-order valence-corrected chi connectivity index (χ4v) is 10.9. The summed E-state index contributed by atoms with van der Waals surface area (Å²) in [7, 11) is 12.6. The molecule has 0 nitrogen and oxygen atoms in total. The molecule has 8 aromatic carbocycles. The van der Waals surface area contributed by atoms with E-state index < -0.39 is 18.9 Å². The van der Waals surface area contributed by atoms with Crippen LogP contribution in [0, 0.1) is 6.92 Å². The first-order valence-electron chi connectivity index (χ1n) is 17.6. The third-order valence-corrected chi connectivity index (χ3v) is 13.8. The van der Waals surface area contributed by atoms with Crippen LogP contribution in [0.25, 0.3) is 43.8 Å². The van der Waals surface area contributed by atoms with Crippen molar-refractivity contribution in [1.82, 2.24) is 0 Å². The van der Waals surface area contributed by atoms with Crippen molar-refractivity contribution in [3.8, 4) is 22.3 Å². The standard InChI is InChI=1S/2C17H15.C14H12.2ClH.Zr/c2*1-2-13-11-15-9-6-10-16(17(15)12-13)14-7-4-3-5-8-14;1-12-7-9-14(10-8-12)11-13-5-3-2-4-6-13;;;/h2*3-12H,2H2,1H3;2-10H,1H3;2*1H;/q2*-1;;;;+2/p-2. The fourth-order valence-electron chi connectivity index (χ4n) is 6.45. The fraction of sp³-hybridized carbons (Fsp3) is 0.104. The first kappa shape index (κ1) is 36.7. The average Bonchev–Trinajstić information content (AvgIpc) is 3.82. The molecule has 0 aliphatic carbocycles. The minimum absolute atomic E-state index is 1.10. The van der Waals surface area contributed by atoms with E-state index in [4.69, 9.17) is 17.0 Å². The van der Waals surface area contributed by atoms with Crippen LogP contribution in [0.4, 0.5) is 0 Å². The predicted octanol–water partition coefficient (Wildman–Crippen LogP) is 14.1. The summed E-state index contributed by atoms with van der Waals surface area (Å²) in [5, 5.41) is 5.44. The third-order valence-electron chi connectivity index (χ3n) is 9.20. The first-order chi connectivity index (χ1) is 24.9. The SMILES string of the molecule is CCc1cc2c(-c3ccccc3)cccc2[cH-]1.CCc1cc2c(-c3ccccc3)cccc2[cH-]1.Cc1ccc([C](c2ccccc2)=[Zr]([Cl])[Cl])cc1. The molecule has 3 heteroatoms. The Morgan fingerprint density at radius 2 is 0.902 bits per heavy atom. The average molecular weight is 781 g/mol. The zero-order chi connectivity index (χ0) is 35.6. The van der Waals surface area contributed by atoms with Gasteiger partial charge in [-0.25, -0.2) is 0 Å². The number of aryl methyl sites for hydroxylation is 3. The molecule has 8 aromatic rings. The molecule has 0 radical (unpaired) electrons. The molecule has 0 N–H and O–H groups in total. The van der Waals surface area contributed by atoms with Crippen LogP contribution in [0.2, 0.25) is 0 Å². The quantitative estimate of drug-likeness (QED) is 0.147. The predicted molar refractivity (Wildman–Crippen MR) is 221 cm³/mol. The molecule has 0 aromatic heterocycles. The summed E-state index contributed by atoms with van der Waals surface area (Å²) in [6.07, 6.45) is 2.20. The van der Waals surface area contributed by atoms with Crippen LogP contribution in [-0.2, 0) is 31.7 Å². The summed E-state index contributed by atoms with van der Waals surface area (Å²) in [5.74, 6) is 0. The normalized spacial score (nSPS) is 10.6. The molecule has 51 heavy (non-hydrogen) atoms. The molecule has 0 saturated heterocycles. The van der Waals surface area contributed by atoms with Gasteiger partial charge in [-0.1, -0.05) is 97.8 Å². The zero-order valence-corrected chi connectivity index (χ0v) is 33.4. The summed E-state index contributed by atoms with van der Waals surface area (Å²) in [5.41, 5.74) is 11.7. The second-order valence-electron chi connectivity index (χ2n) is 12.7. The van der Waals surface area contributed by atoms with Crippen molar-refractivity contribution in [2.24, 2.45) is 0 Å². The van der Waals surface area contributed by atoms with Gasteiger partial charge in [0.2, 0.25) is 0 Å². The molecule has 0 fully saturated rings. The van der Waals surface area contributed by atoms with Gasteiger partial charge < -0.3 is 0 Å². The number of benzene rings is 6. The molecule has 0 spiro atoms. The third kappa shape index (κ3) is 9.22. The summed E-state index contributed by atoms with van der Waals surface area (Å²) in [6, 6.07) is 62.1. The Balaban J connectivity index is 0.000000132.